The molecule has 5 nitrogen and oxygen atoms in total. The third-order valence-corrected chi connectivity index (χ3v) is 3.73. The molecule has 2 aromatic carbocycles. The van der Waals surface area contributed by atoms with Gasteiger partial charge in [0.1, 0.15) is 5.75 Å². The van der Waals surface area contributed by atoms with Crippen molar-refractivity contribution in [3.05, 3.63) is 77.1 Å². The van der Waals surface area contributed by atoms with Crippen LogP contribution in [-0.2, 0) is 6.42 Å². The van der Waals surface area contributed by atoms with Crippen molar-refractivity contribution in [1.82, 2.24) is 10.2 Å². The van der Waals surface area contributed by atoms with E-state index < -0.39 is 0 Å². The van der Waals surface area contributed by atoms with E-state index in [0.717, 1.165) is 11.4 Å². The molecular weight excluding hydrogens is 302 g/mol. The van der Waals surface area contributed by atoms with Crippen LogP contribution in [0.5, 0.6) is 5.75 Å². The van der Waals surface area contributed by atoms with Gasteiger partial charge in [0.2, 0.25) is 0 Å². The van der Waals surface area contributed by atoms with Crippen LogP contribution in [-0.4, -0.2) is 23.2 Å². The Bertz CT molecular complexity index is 821. The van der Waals surface area contributed by atoms with Crippen LogP contribution >= 0.6 is 0 Å². The SMILES string of the molecule is COc1ccc(NC(=O)c2cc(Cc3ccc(C)cc3)[nH]n2)cc1. The first kappa shape index (κ1) is 15.8. The van der Waals surface area contributed by atoms with Crippen LogP contribution in [0.15, 0.2) is 54.6 Å². The first-order valence-corrected chi connectivity index (χ1v) is 7.69. The molecule has 1 aromatic heterocycles. The molecule has 0 atom stereocenters. The van der Waals surface area contributed by atoms with Crippen molar-refractivity contribution in [2.24, 2.45) is 0 Å². The number of nitrogens with zero attached hydrogens (tertiary/aromatic N) is 1. The van der Waals surface area contributed by atoms with Gasteiger partial charge in [-0.1, -0.05) is 29.8 Å². The van der Waals surface area contributed by atoms with Crippen molar-refractivity contribution in [3.8, 4) is 5.75 Å². The van der Waals surface area contributed by atoms with E-state index in [4.69, 9.17) is 4.74 Å². The molecule has 0 aliphatic rings. The molecule has 1 amide bonds. The van der Waals surface area contributed by atoms with Crippen molar-refractivity contribution in [2.75, 3.05) is 12.4 Å². The van der Waals surface area contributed by atoms with E-state index >= 15 is 0 Å². The Morgan fingerprint density at radius 1 is 1.12 bits per heavy atom. The molecule has 24 heavy (non-hydrogen) atoms. The topological polar surface area (TPSA) is 67.0 Å². The monoisotopic (exact) mass is 321 g/mol. The van der Waals surface area contributed by atoms with Gasteiger partial charge in [-0.05, 0) is 42.8 Å². The summed E-state index contributed by atoms with van der Waals surface area (Å²) in [6.07, 6.45) is 0.711. The molecule has 0 unspecified atom stereocenters. The fourth-order valence-corrected chi connectivity index (χ4v) is 2.36. The second kappa shape index (κ2) is 7.00. The van der Waals surface area contributed by atoms with Gasteiger partial charge in [-0.25, -0.2) is 0 Å². The summed E-state index contributed by atoms with van der Waals surface area (Å²) < 4.78 is 5.10. The number of carbonyl (C=O) groups is 1. The summed E-state index contributed by atoms with van der Waals surface area (Å²) in [6, 6.07) is 17.2. The summed E-state index contributed by atoms with van der Waals surface area (Å²) in [5.41, 5.74) is 4.37. The van der Waals surface area contributed by atoms with E-state index in [9.17, 15) is 4.79 Å². The van der Waals surface area contributed by atoms with Gasteiger partial charge in [-0.15, -0.1) is 0 Å². The van der Waals surface area contributed by atoms with Crippen LogP contribution in [0.25, 0.3) is 0 Å². The maximum atomic E-state index is 12.3. The molecule has 0 saturated heterocycles. The minimum absolute atomic E-state index is 0.244. The highest BCUT2D eigenvalue weighted by molar-refractivity contribution is 6.02. The van der Waals surface area contributed by atoms with Crippen LogP contribution in [0.2, 0.25) is 0 Å². The number of amides is 1. The molecule has 0 fully saturated rings. The third kappa shape index (κ3) is 3.81. The minimum Gasteiger partial charge on any atom is -0.497 e. The minimum atomic E-state index is -0.244. The molecule has 0 aliphatic heterocycles. The van der Waals surface area contributed by atoms with Crippen molar-refractivity contribution in [1.29, 1.82) is 0 Å². The predicted octanol–water partition coefficient (Wildman–Crippen LogP) is 3.57. The Hall–Kier alpha value is -3.08. The average Bonchev–Trinajstić information content (AvgIpc) is 3.06. The fraction of sp³-hybridized carbons (Fsp3) is 0.158. The van der Waals surface area contributed by atoms with Crippen LogP contribution in [0.3, 0.4) is 0 Å². The van der Waals surface area contributed by atoms with Gasteiger partial charge in [0.15, 0.2) is 5.69 Å². The Balaban J connectivity index is 1.65. The van der Waals surface area contributed by atoms with E-state index in [1.807, 2.05) is 0 Å². The number of methoxy groups -OCH3 is 1. The van der Waals surface area contributed by atoms with E-state index in [1.165, 1.54) is 11.1 Å². The fourth-order valence-electron chi connectivity index (χ4n) is 2.36. The average molecular weight is 321 g/mol. The Kier molecular flexibility index (Phi) is 4.61. The number of H-pyrrole nitrogens is 1. The summed E-state index contributed by atoms with van der Waals surface area (Å²) in [4.78, 5) is 12.3. The van der Waals surface area contributed by atoms with Crippen molar-refractivity contribution in [2.45, 2.75) is 13.3 Å². The smallest absolute Gasteiger partial charge is 0.276 e. The van der Waals surface area contributed by atoms with Gasteiger partial charge in [-0.2, -0.15) is 5.10 Å². The van der Waals surface area contributed by atoms with Gasteiger partial charge < -0.3 is 10.1 Å². The zero-order valence-electron chi connectivity index (χ0n) is 13.7. The number of hydrogen-bond acceptors (Lipinski definition) is 3. The van der Waals surface area contributed by atoms with Crippen LogP contribution in [0, 0.1) is 6.92 Å². The van der Waals surface area contributed by atoms with Crippen molar-refractivity contribution >= 4 is 11.6 Å². The summed E-state index contributed by atoms with van der Waals surface area (Å²) in [7, 11) is 1.60. The highest BCUT2D eigenvalue weighted by Gasteiger charge is 2.11. The molecule has 3 aromatic rings. The molecule has 122 valence electrons. The first-order chi connectivity index (χ1) is 11.6. The highest BCUT2D eigenvalue weighted by Crippen LogP contribution is 2.16. The number of nitrogens with one attached hydrogen (secondary N) is 2. The maximum Gasteiger partial charge on any atom is 0.276 e. The second-order valence-electron chi connectivity index (χ2n) is 5.62. The molecule has 0 aliphatic carbocycles. The number of rotatable bonds is 5. The summed E-state index contributed by atoms with van der Waals surface area (Å²) in [5, 5.41) is 9.84. The predicted molar refractivity (Wildman–Crippen MR) is 93.5 cm³/mol. The number of ether oxygens (including phenoxy) is 1. The number of carbonyl (C=O) groups excluding carboxylic acids is 1. The van der Waals surface area contributed by atoms with E-state index in [-0.39, 0.29) is 5.91 Å². The summed E-state index contributed by atoms with van der Waals surface area (Å²) in [5.74, 6) is 0.500. The summed E-state index contributed by atoms with van der Waals surface area (Å²) >= 11 is 0. The van der Waals surface area contributed by atoms with Gasteiger partial charge in [0.05, 0.1) is 7.11 Å². The molecule has 1 heterocycles. The molecule has 5 heteroatoms. The van der Waals surface area contributed by atoms with Gasteiger partial charge in [0.25, 0.3) is 5.91 Å². The standard InChI is InChI=1S/C19H19N3O2/c1-13-3-5-14(6-4-13)11-16-12-18(22-21-16)19(23)20-15-7-9-17(24-2)10-8-15/h3-10,12H,11H2,1-2H3,(H,20,23)(H,21,22). The zero-order chi connectivity index (χ0) is 16.9. The molecule has 2 N–H and O–H groups in total. The Labute approximate surface area is 140 Å². The van der Waals surface area contributed by atoms with E-state index in [2.05, 4.69) is 46.7 Å². The lowest BCUT2D eigenvalue weighted by atomic mass is 10.1. The quantitative estimate of drug-likeness (QED) is 0.755. The lowest BCUT2D eigenvalue weighted by molar-refractivity contribution is 0.102. The lowest BCUT2D eigenvalue weighted by Gasteiger charge is -2.04. The van der Waals surface area contributed by atoms with Crippen LogP contribution in [0.4, 0.5) is 5.69 Å². The van der Waals surface area contributed by atoms with Crippen LogP contribution < -0.4 is 10.1 Å². The third-order valence-electron chi connectivity index (χ3n) is 3.73. The van der Waals surface area contributed by atoms with E-state index in [0.29, 0.717) is 17.8 Å². The number of aryl methyl sites for hydroxylation is 1. The lowest BCUT2D eigenvalue weighted by Crippen LogP contribution is -2.12. The number of anilines is 1. The second-order valence-corrected chi connectivity index (χ2v) is 5.62. The molecule has 0 radical (unpaired) electrons. The van der Waals surface area contributed by atoms with E-state index in [1.54, 1.807) is 37.4 Å². The van der Waals surface area contributed by atoms with Gasteiger partial charge >= 0.3 is 0 Å². The largest absolute Gasteiger partial charge is 0.497 e. The first-order valence-electron chi connectivity index (χ1n) is 7.69. The number of aromatic amines is 1. The Morgan fingerprint density at radius 3 is 2.50 bits per heavy atom. The molecule has 0 saturated carbocycles. The zero-order valence-corrected chi connectivity index (χ0v) is 13.7. The van der Waals surface area contributed by atoms with Crippen molar-refractivity contribution in [3.63, 3.8) is 0 Å². The number of aromatic nitrogens is 2. The highest BCUT2D eigenvalue weighted by atomic mass is 16.5. The maximum absolute atomic E-state index is 12.3. The van der Waals surface area contributed by atoms with Crippen LogP contribution in [0.1, 0.15) is 27.3 Å². The summed E-state index contributed by atoms with van der Waals surface area (Å²) in [6.45, 7) is 2.06. The van der Waals surface area contributed by atoms with Gasteiger partial charge in [-0.3, -0.25) is 9.89 Å². The Morgan fingerprint density at radius 2 is 1.83 bits per heavy atom. The number of benzene rings is 2. The molecule has 3 rings (SSSR count). The molecular formula is C19H19N3O2. The molecule has 0 bridgehead atoms. The molecule has 0 spiro atoms. The van der Waals surface area contributed by atoms with Crippen molar-refractivity contribution < 1.29 is 9.53 Å². The number of hydrogen-bond donors (Lipinski definition) is 2. The van der Waals surface area contributed by atoms with Gasteiger partial charge in [0, 0.05) is 17.8 Å². The normalized spacial score (nSPS) is 10.4.